The van der Waals surface area contributed by atoms with Gasteiger partial charge in [0.05, 0.1) is 12.7 Å². The van der Waals surface area contributed by atoms with Gasteiger partial charge in [0, 0.05) is 17.0 Å². The van der Waals surface area contributed by atoms with Crippen LogP contribution in [0.2, 0.25) is 0 Å². The zero-order valence-electron chi connectivity index (χ0n) is 14.6. The third-order valence-corrected chi connectivity index (χ3v) is 4.26. The molecule has 5 nitrogen and oxygen atoms in total. The largest absolute Gasteiger partial charge is 0.494 e. The monoisotopic (exact) mass is 356 g/mol. The van der Waals surface area contributed by atoms with E-state index in [1.165, 1.54) is 25.3 Å². The molecule has 0 amide bonds. The number of carbonyl (C=O) groups is 1. The lowest BCUT2D eigenvalue weighted by atomic mass is 10.0. The molecule has 26 heavy (non-hydrogen) atoms. The summed E-state index contributed by atoms with van der Waals surface area (Å²) in [5, 5.41) is 0.696. The highest BCUT2D eigenvalue weighted by atomic mass is 19.1. The third kappa shape index (κ3) is 3.31. The third-order valence-electron chi connectivity index (χ3n) is 4.26. The van der Waals surface area contributed by atoms with E-state index in [1.54, 1.807) is 0 Å². The van der Waals surface area contributed by atoms with Gasteiger partial charge >= 0.3 is 11.6 Å². The summed E-state index contributed by atoms with van der Waals surface area (Å²) in [7, 11) is 1.34. The van der Waals surface area contributed by atoms with Crippen LogP contribution in [0.1, 0.15) is 27.0 Å². The van der Waals surface area contributed by atoms with Crippen molar-refractivity contribution in [1.82, 2.24) is 0 Å². The summed E-state index contributed by atoms with van der Waals surface area (Å²) >= 11 is 0. The number of rotatable bonds is 4. The minimum atomic E-state index is -0.697. The Balaban J connectivity index is 1.88. The molecule has 1 aromatic heterocycles. The summed E-state index contributed by atoms with van der Waals surface area (Å²) in [4.78, 5) is 24.0. The van der Waals surface area contributed by atoms with Crippen LogP contribution in [0.25, 0.3) is 11.0 Å². The van der Waals surface area contributed by atoms with Gasteiger partial charge in [0.25, 0.3) is 0 Å². The molecule has 0 aliphatic carbocycles. The molecule has 0 saturated carbocycles. The van der Waals surface area contributed by atoms with Gasteiger partial charge in [0.15, 0.2) is 11.6 Å². The average molecular weight is 356 g/mol. The summed E-state index contributed by atoms with van der Waals surface area (Å²) in [6, 6.07) is 8.82. The van der Waals surface area contributed by atoms with Crippen molar-refractivity contribution in [2.75, 3.05) is 7.11 Å². The van der Waals surface area contributed by atoms with Gasteiger partial charge in [-0.15, -0.1) is 0 Å². The van der Waals surface area contributed by atoms with Crippen molar-refractivity contribution in [2.45, 2.75) is 20.5 Å². The zero-order chi connectivity index (χ0) is 18.8. The van der Waals surface area contributed by atoms with Crippen LogP contribution in [0.15, 0.2) is 45.6 Å². The van der Waals surface area contributed by atoms with Crippen LogP contribution in [0, 0.1) is 19.7 Å². The van der Waals surface area contributed by atoms with Crippen LogP contribution in [0.5, 0.6) is 5.75 Å². The fraction of sp³-hybridized carbons (Fsp3) is 0.200. The van der Waals surface area contributed by atoms with Crippen molar-refractivity contribution in [2.24, 2.45) is 0 Å². The number of methoxy groups -OCH3 is 1. The van der Waals surface area contributed by atoms with E-state index in [-0.39, 0.29) is 17.9 Å². The number of ether oxygens (including phenoxy) is 2. The normalized spacial score (nSPS) is 10.8. The second kappa shape index (κ2) is 7.00. The van der Waals surface area contributed by atoms with Gasteiger partial charge in [0.1, 0.15) is 12.2 Å². The molecular formula is C20H17FO5. The Morgan fingerprint density at radius 2 is 1.92 bits per heavy atom. The van der Waals surface area contributed by atoms with Gasteiger partial charge < -0.3 is 13.9 Å². The van der Waals surface area contributed by atoms with Gasteiger partial charge in [-0.3, -0.25) is 0 Å². The molecule has 0 N–H and O–H groups in total. The van der Waals surface area contributed by atoms with E-state index in [0.29, 0.717) is 16.5 Å². The van der Waals surface area contributed by atoms with Gasteiger partial charge in [-0.1, -0.05) is 12.1 Å². The van der Waals surface area contributed by atoms with Crippen LogP contribution >= 0.6 is 0 Å². The van der Waals surface area contributed by atoms with Gasteiger partial charge in [-0.2, -0.15) is 0 Å². The Kier molecular flexibility index (Phi) is 4.75. The molecule has 0 spiro atoms. The van der Waals surface area contributed by atoms with E-state index in [4.69, 9.17) is 13.9 Å². The second-order valence-corrected chi connectivity index (χ2v) is 5.90. The van der Waals surface area contributed by atoms with Gasteiger partial charge in [0.2, 0.25) is 0 Å². The molecule has 2 aromatic carbocycles. The van der Waals surface area contributed by atoms with Gasteiger partial charge in [-0.25, -0.2) is 14.0 Å². The van der Waals surface area contributed by atoms with Crippen LogP contribution in [0.3, 0.4) is 0 Å². The quantitative estimate of drug-likeness (QED) is 0.524. The molecule has 3 rings (SSSR count). The molecule has 0 bridgehead atoms. The number of benzene rings is 2. The summed E-state index contributed by atoms with van der Waals surface area (Å²) < 4.78 is 29.1. The predicted molar refractivity (Wildman–Crippen MR) is 94.0 cm³/mol. The highest BCUT2D eigenvalue weighted by Gasteiger charge is 2.14. The van der Waals surface area contributed by atoms with Crippen molar-refractivity contribution in [1.29, 1.82) is 0 Å². The van der Waals surface area contributed by atoms with E-state index in [0.717, 1.165) is 17.2 Å². The van der Waals surface area contributed by atoms with Crippen molar-refractivity contribution in [3.8, 4) is 5.75 Å². The van der Waals surface area contributed by atoms with Crippen molar-refractivity contribution < 1.29 is 23.1 Å². The Bertz CT molecular complexity index is 1050. The number of aryl methyl sites for hydroxylation is 2. The SMILES string of the molecule is COc1ccc(C(=O)OCc2cc(=O)oc3c(C)c(C)ccc23)cc1F. The van der Waals surface area contributed by atoms with E-state index in [2.05, 4.69) is 0 Å². The smallest absolute Gasteiger partial charge is 0.338 e. The molecule has 0 unspecified atom stereocenters. The van der Waals surface area contributed by atoms with Gasteiger partial charge in [-0.05, 0) is 43.2 Å². The van der Waals surface area contributed by atoms with Crippen LogP contribution < -0.4 is 10.4 Å². The molecular weight excluding hydrogens is 339 g/mol. The summed E-state index contributed by atoms with van der Waals surface area (Å²) in [6.45, 7) is 3.65. The molecule has 134 valence electrons. The number of carbonyl (C=O) groups excluding carboxylic acids is 1. The summed E-state index contributed by atoms with van der Waals surface area (Å²) in [5.41, 5.74) is 2.38. The fourth-order valence-electron chi connectivity index (χ4n) is 2.66. The Morgan fingerprint density at radius 1 is 1.15 bits per heavy atom. The molecule has 1 heterocycles. The highest BCUT2D eigenvalue weighted by Crippen LogP contribution is 2.24. The first kappa shape index (κ1) is 17.7. The number of fused-ring (bicyclic) bond motifs is 1. The number of hydrogen-bond acceptors (Lipinski definition) is 5. The van der Waals surface area contributed by atoms with E-state index in [1.807, 2.05) is 26.0 Å². The molecule has 0 aliphatic heterocycles. The van der Waals surface area contributed by atoms with E-state index < -0.39 is 17.4 Å². The first-order valence-corrected chi connectivity index (χ1v) is 7.94. The topological polar surface area (TPSA) is 65.7 Å². The molecule has 0 aliphatic rings. The maximum atomic E-state index is 13.7. The molecule has 0 saturated heterocycles. The predicted octanol–water partition coefficient (Wildman–Crippen LogP) is 3.91. The maximum absolute atomic E-state index is 13.7. The minimum absolute atomic E-state index is 0.0408. The second-order valence-electron chi connectivity index (χ2n) is 5.90. The lowest BCUT2D eigenvalue weighted by Gasteiger charge is -2.10. The standard InChI is InChI=1S/C20H17FO5/c1-11-4-6-15-14(9-18(22)26-19(15)12(11)2)10-25-20(23)13-5-7-17(24-3)16(21)8-13/h4-9H,10H2,1-3H3. The Labute approximate surface area is 149 Å². The van der Waals surface area contributed by atoms with Crippen LogP contribution in [-0.2, 0) is 11.3 Å². The van der Waals surface area contributed by atoms with Crippen molar-refractivity contribution in [3.05, 3.63) is 74.9 Å². The number of hydrogen-bond donors (Lipinski definition) is 0. The van der Waals surface area contributed by atoms with Crippen LogP contribution in [-0.4, -0.2) is 13.1 Å². The molecule has 6 heteroatoms. The lowest BCUT2D eigenvalue weighted by molar-refractivity contribution is 0.0473. The zero-order valence-corrected chi connectivity index (χ0v) is 14.6. The molecule has 0 atom stereocenters. The summed E-state index contributed by atoms with van der Waals surface area (Å²) in [5.74, 6) is -1.31. The Hall–Kier alpha value is -3.15. The highest BCUT2D eigenvalue weighted by molar-refractivity contribution is 5.90. The molecule has 0 radical (unpaired) electrons. The van der Waals surface area contributed by atoms with E-state index >= 15 is 0 Å². The number of halogens is 1. The van der Waals surface area contributed by atoms with Crippen LogP contribution in [0.4, 0.5) is 4.39 Å². The van der Waals surface area contributed by atoms with E-state index in [9.17, 15) is 14.0 Å². The Morgan fingerprint density at radius 3 is 2.62 bits per heavy atom. The fourth-order valence-corrected chi connectivity index (χ4v) is 2.66. The first-order chi connectivity index (χ1) is 12.4. The average Bonchev–Trinajstić information content (AvgIpc) is 2.62. The number of esters is 1. The maximum Gasteiger partial charge on any atom is 0.338 e. The van der Waals surface area contributed by atoms with Crippen molar-refractivity contribution in [3.63, 3.8) is 0 Å². The lowest BCUT2D eigenvalue weighted by Crippen LogP contribution is -2.09. The van der Waals surface area contributed by atoms with Crippen molar-refractivity contribution >= 4 is 16.9 Å². The minimum Gasteiger partial charge on any atom is -0.494 e. The first-order valence-electron chi connectivity index (χ1n) is 7.94. The molecule has 3 aromatic rings. The summed E-state index contributed by atoms with van der Waals surface area (Å²) in [6.07, 6.45) is 0. The molecule has 0 fully saturated rings.